The van der Waals surface area contributed by atoms with Gasteiger partial charge in [-0.25, -0.2) is 4.98 Å². The SMILES string of the molecule is CC(C)(C)c1cc(-c2cc(-c3ccc(C(C)(C)c4ccccc4)cc3)ccn2)[c-]c(-c2cccc3c2nc(-c2cccc(-c4ccccc4-c4ccccc4)c2O)n3-c2ccc(CC3CCCC3)cc2-c2ccccc2)c1.[Pt]. The van der Waals surface area contributed by atoms with Gasteiger partial charge < -0.3 is 5.11 Å². The molecule has 2 heterocycles. The second kappa shape index (κ2) is 21.8. The van der Waals surface area contributed by atoms with Gasteiger partial charge in [0.25, 0.3) is 0 Å². The molecule has 12 rings (SSSR count). The van der Waals surface area contributed by atoms with E-state index >= 15 is 0 Å². The Balaban J connectivity index is 0.00000645. The molecule has 11 aromatic rings. The Bertz CT molecular complexity index is 3900. The van der Waals surface area contributed by atoms with Crippen molar-refractivity contribution >= 4 is 11.0 Å². The zero-order valence-corrected chi connectivity index (χ0v) is 47.4. The predicted molar refractivity (Wildman–Crippen MR) is 320 cm³/mol. The first-order chi connectivity index (χ1) is 37.5. The van der Waals surface area contributed by atoms with E-state index in [9.17, 15) is 5.11 Å². The molecule has 0 atom stereocenters. The number of imidazole rings is 1. The molecule has 0 radical (unpaired) electrons. The molecule has 5 heteroatoms. The monoisotopic (exact) mass is 1190 g/mol. The molecule has 78 heavy (non-hydrogen) atoms. The Morgan fingerprint density at radius 3 is 1.79 bits per heavy atom. The standard InChI is InChI=1S/C73H64N3O.Pt/c1-72(2,3)59-46-55(45-56(47-59)66-48-54(41-42-74-66)51-36-38-58(39-37-51)73(4,5)57-27-13-8-14-28-57)61-31-20-34-68-69(61)75-71(64-33-19-32-63(70(64)77)62-30-18-17-29-60(62)52-23-9-6-10-24-52)76(68)67-40-35-50(43-49-21-15-16-22-49)44-65(67)53-25-11-7-12-26-53;/h6-14,17-20,23-42,44,46-49,77H,15-16,21-22,43H2,1-5H3;/q-1;. The van der Waals surface area contributed by atoms with Gasteiger partial charge in [-0.3, -0.25) is 9.55 Å². The van der Waals surface area contributed by atoms with E-state index < -0.39 is 0 Å². The van der Waals surface area contributed by atoms with Crippen LogP contribution in [0.2, 0.25) is 0 Å². The summed E-state index contributed by atoms with van der Waals surface area (Å²) in [4.78, 5) is 10.7. The third kappa shape index (κ3) is 10.2. The maximum Gasteiger partial charge on any atom is 0.148 e. The molecule has 2 aromatic heterocycles. The topological polar surface area (TPSA) is 50.9 Å². The summed E-state index contributed by atoms with van der Waals surface area (Å²) in [7, 11) is 0. The summed E-state index contributed by atoms with van der Waals surface area (Å²) in [6, 6.07) is 81.5. The van der Waals surface area contributed by atoms with Gasteiger partial charge in [0.2, 0.25) is 0 Å². The number of rotatable bonds is 12. The van der Waals surface area contributed by atoms with Gasteiger partial charge >= 0.3 is 0 Å². The Kier molecular flexibility index (Phi) is 14.6. The zero-order chi connectivity index (χ0) is 52.7. The minimum Gasteiger partial charge on any atom is -0.507 e. The van der Waals surface area contributed by atoms with E-state index in [1.165, 1.54) is 47.9 Å². The number of hydrogen-bond donors (Lipinski definition) is 1. The number of fused-ring (bicyclic) bond motifs is 1. The first-order valence-corrected chi connectivity index (χ1v) is 27.4. The van der Waals surface area contributed by atoms with E-state index in [1.807, 2.05) is 36.5 Å². The van der Waals surface area contributed by atoms with Crippen molar-refractivity contribution in [1.82, 2.24) is 14.5 Å². The molecule has 1 aliphatic rings. The average molecular weight is 1190 g/mol. The number of benzene rings is 9. The number of phenolic OH excluding ortho intramolecular Hbond substituents is 1. The molecule has 0 unspecified atom stereocenters. The van der Waals surface area contributed by atoms with Crippen molar-refractivity contribution < 1.29 is 26.2 Å². The second-order valence-electron chi connectivity index (χ2n) is 22.6. The van der Waals surface area contributed by atoms with Crippen LogP contribution in [0.15, 0.2) is 225 Å². The number of nitrogens with zero attached hydrogens (tertiary/aromatic N) is 3. The minimum atomic E-state index is -0.191. The number of aromatic hydroxyl groups is 1. The number of para-hydroxylation sites is 2. The van der Waals surface area contributed by atoms with Gasteiger partial charge in [-0.05, 0) is 98.2 Å². The van der Waals surface area contributed by atoms with Crippen LogP contribution in [0.5, 0.6) is 5.75 Å². The Morgan fingerprint density at radius 2 is 1.09 bits per heavy atom. The molecule has 1 fully saturated rings. The molecule has 1 N–H and O–H groups in total. The van der Waals surface area contributed by atoms with Gasteiger partial charge in [-0.1, -0.05) is 247 Å². The first-order valence-electron chi connectivity index (χ1n) is 27.4. The maximum atomic E-state index is 12.9. The Morgan fingerprint density at radius 1 is 0.500 bits per heavy atom. The smallest absolute Gasteiger partial charge is 0.148 e. The van der Waals surface area contributed by atoms with Gasteiger partial charge in [0.1, 0.15) is 11.6 Å². The van der Waals surface area contributed by atoms with Crippen LogP contribution >= 0.6 is 0 Å². The van der Waals surface area contributed by atoms with Crippen LogP contribution in [0.1, 0.15) is 82.6 Å². The summed E-state index contributed by atoms with van der Waals surface area (Å²) in [5.41, 5.74) is 20.1. The van der Waals surface area contributed by atoms with Crippen LogP contribution in [0, 0.1) is 12.0 Å². The molecule has 0 spiro atoms. The number of phenols is 1. The summed E-state index contributed by atoms with van der Waals surface area (Å²) < 4.78 is 2.29. The van der Waals surface area contributed by atoms with Crippen molar-refractivity contribution in [2.24, 2.45) is 5.92 Å². The van der Waals surface area contributed by atoms with Crippen molar-refractivity contribution in [3.63, 3.8) is 0 Å². The molecule has 1 aliphatic carbocycles. The van der Waals surface area contributed by atoms with Crippen molar-refractivity contribution in [2.75, 3.05) is 0 Å². The Hall–Kier alpha value is -7.91. The molecule has 9 aromatic carbocycles. The van der Waals surface area contributed by atoms with Crippen molar-refractivity contribution in [2.45, 2.75) is 77.6 Å². The van der Waals surface area contributed by atoms with Crippen LogP contribution in [-0.4, -0.2) is 19.6 Å². The summed E-state index contributed by atoms with van der Waals surface area (Å²) >= 11 is 0. The Labute approximate surface area is 474 Å². The van der Waals surface area contributed by atoms with Crippen LogP contribution in [0.4, 0.5) is 0 Å². The van der Waals surface area contributed by atoms with E-state index in [2.05, 4.69) is 233 Å². The van der Waals surface area contributed by atoms with Gasteiger partial charge in [0.05, 0.1) is 22.3 Å². The van der Waals surface area contributed by atoms with Crippen LogP contribution in [0.3, 0.4) is 0 Å². The predicted octanol–water partition coefficient (Wildman–Crippen LogP) is 18.9. The van der Waals surface area contributed by atoms with Crippen LogP contribution < -0.4 is 0 Å². The molecule has 0 bridgehead atoms. The summed E-state index contributed by atoms with van der Waals surface area (Å²) in [6.07, 6.45) is 8.16. The molecule has 0 saturated heterocycles. The van der Waals surface area contributed by atoms with Crippen molar-refractivity contribution in [3.05, 3.63) is 253 Å². The number of hydrogen-bond acceptors (Lipinski definition) is 3. The second-order valence-corrected chi connectivity index (χ2v) is 22.6. The number of pyridine rings is 1. The van der Waals surface area contributed by atoms with E-state index in [-0.39, 0.29) is 37.6 Å². The van der Waals surface area contributed by atoms with E-state index in [0.29, 0.717) is 17.3 Å². The fourth-order valence-electron chi connectivity index (χ4n) is 11.7. The summed E-state index contributed by atoms with van der Waals surface area (Å²) in [5.74, 6) is 1.53. The third-order valence-electron chi connectivity index (χ3n) is 16.1. The molecular formula is C73H64N3OPt-. The first kappa shape index (κ1) is 52.2. The quantitative estimate of drug-likeness (QED) is 0.124. The molecule has 0 amide bonds. The molecule has 1 saturated carbocycles. The van der Waals surface area contributed by atoms with E-state index in [4.69, 9.17) is 9.97 Å². The molecule has 0 aliphatic heterocycles. The normalized spacial score (nSPS) is 12.9. The zero-order valence-electron chi connectivity index (χ0n) is 45.1. The van der Waals surface area contributed by atoms with Crippen LogP contribution in [-0.2, 0) is 38.3 Å². The largest absolute Gasteiger partial charge is 0.507 e. The van der Waals surface area contributed by atoms with Gasteiger partial charge in [0.15, 0.2) is 0 Å². The fourth-order valence-corrected chi connectivity index (χ4v) is 11.7. The maximum absolute atomic E-state index is 12.9. The van der Waals surface area contributed by atoms with Crippen LogP contribution in [0.25, 0.3) is 95.0 Å². The number of aromatic nitrogens is 3. The molecular weight excluding hydrogens is 1130 g/mol. The molecule has 388 valence electrons. The van der Waals surface area contributed by atoms with E-state index in [0.717, 1.165) is 90.0 Å². The molecule has 4 nitrogen and oxygen atoms in total. The van der Waals surface area contributed by atoms with Gasteiger partial charge in [-0.2, -0.15) is 0 Å². The van der Waals surface area contributed by atoms with Gasteiger partial charge in [0, 0.05) is 49.5 Å². The summed E-state index contributed by atoms with van der Waals surface area (Å²) in [5, 5.41) is 12.9. The van der Waals surface area contributed by atoms with Gasteiger partial charge in [-0.15, -0.1) is 29.3 Å². The fraction of sp³-hybridized carbons (Fsp3) is 0.178. The minimum absolute atomic E-state index is 0. The van der Waals surface area contributed by atoms with E-state index in [1.54, 1.807) is 0 Å². The van der Waals surface area contributed by atoms with Crippen molar-refractivity contribution in [3.8, 4) is 89.7 Å². The average Bonchev–Trinajstić information content (AvgIpc) is 4.17. The third-order valence-corrected chi connectivity index (χ3v) is 16.1. The summed E-state index contributed by atoms with van der Waals surface area (Å²) in [6.45, 7) is 11.4. The van der Waals surface area contributed by atoms with Crippen molar-refractivity contribution in [1.29, 1.82) is 0 Å².